The summed E-state index contributed by atoms with van der Waals surface area (Å²) in [5.74, 6) is -0.234. The van der Waals surface area contributed by atoms with Crippen LogP contribution < -0.4 is 0 Å². The van der Waals surface area contributed by atoms with Crippen molar-refractivity contribution < 1.29 is 14.4 Å². The number of hydrogen-bond donors (Lipinski definition) is 0. The van der Waals surface area contributed by atoms with Crippen LogP contribution in [0.25, 0.3) is 10.2 Å². The molecule has 164 valence electrons. The molecule has 3 aromatic rings. The van der Waals surface area contributed by atoms with E-state index in [4.69, 9.17) is 4.98 Å². The second-order valence-electron chi connectivity index (χ2n) is 8.21. The van der Waals surface area contributed by atoms with Crippen LogP contribution in [0, 0.1) is 0 Å². The summed E-state index contributed by atoms with van der Waals surface area (Å²) in [4.78, 5) is 46.7. The molecule has 2 aromatic carbocycles. The van der Waals surface area contributed by atoms with Crippen molar-refractivity contribution in [3.63, 3.8) is 0 Å². The Morgan fingerprint density at radius 1 is 0.875 bits per heavy atom. The quantitative estimate of drug-likeness (QED) is 0.561. The average Bonchev–Trinajstić information content (AvgIpc) is 3.37. The van der Waals surface area contributed by atoms with Gasteiger partial charge >= 0.3 is 0 Å². The Hall–Kier alpha value is -3.10. The van der Waals surface area contributed by atoms with E-state index in [9.17, 15) is 14.4 Å². The molecule has 0 spiro atoms. The molecule has 0 N–H and O–H groups in total. The topological polar surface area (TPSA) is 73.8 Å². The number of nitrogens with zero attached hydrogens (tertiary/aromatic N) is 4. The average molecular weight is 449 g/mol. The predicted octanol–water partition coefficient (Wildman–Crippen LogP) is 2.90. The molecule has 2 saturated heterocycles. The zero-order valence-corrected chi connectivity index (χ0v) is 18.5. The van der Waals surface area contributed by atoms with Crippen LogP contribution in [0.5, 0.6) is 0 Å². The highest BCUT2D eigenvalue weighted by molar-refractivity contribution is 7.18. The van der Waals surface area contributed by atoms with Gasteiger partial charge < -0.3 is 4.90 Å². The number of hydrogen-bond acceptors (Lipinski definition) is 6. The fourth-order valence-electron chi connectivity index (χ4n) is 4.21. The van der Waals surface area contributed by atoms with Gasteiger partial charge in [-0.2, -0.15) is 0 Å². The van der Waals surface area contributed by atoms with Gasteiger partial charge in [-0.1, -0.05) is 24.3 Å². The van der Waals surface area contributed by atoms with Crippen molar-refractivity contribution in [3.8, 4) is 0 Å². The zero-order valence-electron chi connectivity index (χ0n) is 17.7. The van der Waals surface area contributed by atoms with Crippen LogP contribution in [0.1, 0.15) is 33.8 Å². The summed E-state index contributed by atoms with van der Waals surface area (Å²) in [5.41, 5.74) is 2.53. The molecule has 8 heteroatoms. The van der Waals surface area contributed by atoms with E-state index >= 15 is 0 Å². The number of imide groups is 1. The molecule has 5 rings (SSSR count). The Balaban J connectivity index is 1.15. The summed E-state index contributed by atoms with van der Waals surface area (Å²) < 4.78 is 1.21. The number of para-hydroxylation sites is 1. The SMILES string of the molecule is O=C(c1ccc(CN2C(=O)CCC2=O)cc1)N1CCN(Cc2nc3ccccc3s2)CC1. The number of carbonyl (C=O) groups excluding carboxylic acids is 3. The molecule has 1 aromatic heterocycles. The summed E-state index contributed by atoms with van der Waals surface area (Å²) >= 11 is 1.73. The molecular formula is C24H24N4O3S. The number of benzene rings is 2. The van der Waals surface area contributed by atoms with Crippen LogP contribution in [0.4, 0.5) is 0 Å². The molecule has 0 bridgehead atoms. The van der Waals surface area contributed by atoms with E-state index in [1.807, 2.05) is 35.2 Å². The number of thiazole rings is 1. The third kappa shape index (κ3) is 4.28. The molecule has 32 heavy (non-hydrogen) atoms. The Bertz CT molecular complexity index is 1120. The smallest absolute Gasteiger partial charge is 0.253 e. The fraction of sp³-hybridized carbons (Fsp3) is 0.333. The van der Waals surface area contributed by atoms with E-state index in [0.29, 0.717) is 31.5 Å². The third-order valence-electron chi connectivity index (χ3n) is 6.05. The van der Waals surface area contributed by atoms with E-state index in [1.165, 1.54) is 9.60 Å². The number of piperazine rings is 1. The van der Waals surface area contributed by atoms with Gasteiger partial charge in [-0.05, 0) is 29.8 Å². The molecule has 0 radical (unpaired) electrons. The number of rotatable bonds is 5. The molecular weight excluding hydrogens is 424 g/mol. The summed E-state index contributed by atoms with van der Waals surface area (Å²) in [6, 6.07) is 15.4. The lowest BCUT2D eigenvalue weighted by molar-refractivity contribution is -0.139. The maximum absolute atomic E-state index is 12.9. The lowest BCUT2D eigenvalue weighted by atomic mass is 10.1. The van der Waals surface area contributed by atoms with Crippen molar-refractivity contribution in [1.29, 1.82) is 0 Å². The maximum atomic E-state index is 12.9. The van der Waals surface area contributed by atoms with E-state index in [-0.39, 0.29) is 24.3 Å². The van der Waals surface area contributed by atoms with E-state index in [2.05, 4.69) is 11.0 Å². The maximum Gasteiger partial charge on any atom is 0.253 e. The van der Waals surface area contributed by atoms with Crippen molar-refractivity contribution in [2.24, 2.45) is 0 Å². The number of aromatic nitrogens is 1. The van der Waals surface area contributed by atoms with Gasteiger partial charge in [-0.25, -0.2) is 4.98 Å². The third-order valence-corrected chi connectivity index (χ3v) is 7.07. The van der Waals surface area contributed by atoms with Crippen LogP contribution in [-0.4, -0.2) is 63.6 Å². The lowest BCUT2D eigenvalue weighted by Crippen LogP contribution is -2.48. The van der Waals surface area contributed by atoms with Gasteiger partial charge in [0.25, 0.3) is 5.91 Å². The highest BCUT2D eigenvalue weighted by atomic mass is 32.1. The molecule has 7 nitrogen and oxygen atoms in total. The summed E-state index contributed by atoms with van der Waals surface area (Å²) in [6.07, 6.45) is 0.584. The Morgan fingerprint density at radius 3 is 2.25 bits per heavy atom. The Labute approximate surface area is 190 Å². The predicted molar refractivity (Wildman–Crippen MR) is 122 cm³/mol. The summed E-state index contributed by atoms with van der Waals surface area (Å²) in [6.45, 7) is 4.09. The van der Waals surface area contributed by atoms with Gasteiger partial charge in [0.05, 0.1) is 23.3 Å². The van der Waals surface area contributed by atoms with Crippen LogP contribution >= 0.6 is 11.3 Å². The molecule has 2 aliphatic rings. The minimum atomic E-state index is -0.126. The first kappa shape index (κ1) is 20.8. The summed E-state index contributed by atoms with van der Waals surface area (Å²) in [5, 5.41) is 1.11. The first-order chi connectivity index (χ1) is 15.6. The molecule has 3 heterocycles. The second kappa shape index (κ2) is 8.80. The zero-order chi connectivity index (χ0) is 22.1. The Morgan fingerprint density at radius 2 is 1.56 bits per heavy atom. The molecule has 0 saturated carbocycles. The van der Waals surface area contributed by atoms with Crippen LogP contribution in [-0.2, 0) is 22.7 Å². The molecule has 0 atom stereocenters. The molecule has 2 fully saturated rings. The van der Waals surface area contributed by atoms with Gasteiger partial charge in [0, 0.05) is 44.6 Å². The van der Waals surface area contributed by atoms with Gasteiger partial charge in [-0.15, -0.1) is 11.3 Å². The fourth-order valence-corrected chi connectivity index (χ4v) is 5.21. The number of amides is 3. The van der Waals surface area contributed by atoms with Crippen molar-refractivity contribution in [1.82, 2.24) is 19.7 Å². The summed E-state index contributed by atoms with van der Waals surface area (Å²) in [7, 11) is 0. The van der Waals surface area contributed by atoms with Gasteiger partial charge in [0.1, 0.15) is 5.01 Å². The standard InChI is InChI=1S/C24H24N4O3S/c29-22-9-10-23(30)28(22)15-17-5-7-18(8-6-17)24(31)27-13-11-26(12-14-27)16-21-25-19-3-1-2-4-20(19)32-21/h1-8H,9-16H2. The highest BCUT2D eigenvalue weighted by Gasteiger charge is 2.29. The van der Waals surface area contributed by atoms with E-state index in [1.54, 1.807) is 23.5 Å². The largest absolute Gasteiger partial charge is 0.336 e. The van der Waals surface area contributed by atoms with Crippen LogP contribution in [0.3, 0.4) is 0 Å². The van der Waals surface area contributed by atoms with Crippen molar-refractivity contribution in [3.05, 3.63) is 64.7 Å². The minimum absolute atomic E-state index is 0.0181. The van der Waals surface area contributed by atoms with Gasteiger partial charge in [-0.3, -0.25) is 24.2 Å². The lowest BCUT2D eigenvalue weighted by Gasteiger charge is -2.34. The van der Waals surface area contributed by atoms with E-state index < -0.39 is 0 Å². The monoisotopic (exact) mass is 448 g/mol. The van der Waals surface area contributed by atoms with Crippen LogP contribution in [0.15, 0.2) is 48.5 Å². The van der Waals surface area contributed by atoms with Gasteiger partial charge in [0.15, 0.2) is 0 Å². The van der Waals surface area contributed by atoms with E-state index in [0.717, 1.165) is 35.7 Å². The minimum Gasteiger partial charge on any atom is -0.336 e. The molecule has 0 unspecified atom stereocenters. The number of likely N-dealkylation sites (tertiary alicyclic amines) is 1. The first-order valence-corrected chi connectivity index (χ1v) is 11.7. The molecule has 3 amide bonds. The van der Waals surface area contributed by atoms with Gasteiger partial charge in [0.2, 0.25) is 11.8 Å². The van der Waals surface area contributed by atoms with Crippen molar-refractivity contribution >= 4 is 39.3 Å². The highest BCUT2D eigenvalue weighted by Crippen LogP contribution is 2.23. The number of fused-ring (bicyclic) bond motifs is 1. The molecule has 0 aliphatic carbocycles. The normalized spacial score (nSPS) is 17.5. The second-order valence-corrected chi connectivity index (χ2v) is 9.33. The van der Waals surface area contributed by atoms with Crippen molar-refractivity contribution in [2.75, 3.05) is 26.2 Å². The van der Waals surface area contributed by atoms with Crippen LogP contribution in [0.2, 0.25) is 0 Å². The Kier molecular flexibility index (Phi) is 5.71. The molecule has 2 aliphatic heterocycles. The number of carbonyl (C=O) groups is 3. The first-order valence-electron chi connectivity index (χ1n) is 10.8. The van der Waals surface area contributed by atoms with Crippen molar-refractivity contribution in [2.45, 2.75) is 25.9 Å².